The van der Waals surface area contributed by atoms with Crippen LogP contribution in [0, 0.1) is 10.1 Å². The molecule has 0 aromatic heterocycles. The molecule has 28 heavy (non-hydrogen) atoms. The van der Waals surface area contributed by atoms with Crippen LogP contribution in [0.4, 0.5) is 5.69 Å². The number of nitrogens with zero attached hydrogens (tertiary/aromatic N) is 1. The molecule has 0 spiro atoms. The summed E-state index contributed by atoms with van der Waals surface area (Å²) in [4.78, 5) is 45.2. The maximum Gasteiger partial charge on any atom is 0.338 e. The highest BCUT2D eigenvalue weighted by atomic mass is 35.5. The number of rotatable bonds is 7. The van der Waals surface area contributed by atoms with E-state index in [4.69, 9.17) is 16.3 Å². The summed E-state index contributed by atoms with van der Waals surface area (Å²) >= 11 is 5.67. The van der Waals surface area contributed by atoms with Gasteiger partial charge in [-0.2, -0.15) is 0 Å². The van der Waals surface area contributed by atoms with Crippen LogP contribution in [-0.2, 0) is 20.8 Å². The lowest BCUT2D eigenvalue weighted by atomic mass is 10.1. The van der Waals surface area contributed by atoms with Crippen molar-refractivity contribution in [2.24, 2.45) is 0 Å². The molecule has 1 amide bonds. The monoisotopic (exact) mass is 406 g/mol. The second kappa shape index (κ2) is 9.47. The zero-order valence-electron chi connectivity index (χ0n) is 14.6. The highest BCUT2D eigenvalue weighted by molar-refractivity contribution is 6.32. The van der Waals surface area contributed by atoms with Crippen LogP contribution in [0.3, 0.4) is 0 Å². The highest BCUT2D eigenvalue weighted by Crippen LogP contribution is 2.25. The molecule has 146 valence electrons. The first-order valence-corrected chi connectivity index (χ1v) is 8.24. The Morgan fingerprint density at radius 1 is 1.07 bits per heavy atom. The number of carbonyl (C=O) groups is 3. The van der Waals surface area contributed by atoms with Gasteiger partial charge < -0.3 is 14.8 Å². The molecule has 0 bridgehead atoms. The minimum atomic E-state index is -0.891. The van der Waals surface area contributed by atoms with Crippen LogP contribution in [0.2, 0.25) is 5.02 Å². The molecule has 0 saturated carbocycles. The van der Waals surface area contributed by atoms with E-state index < -0.39 is 35.1 Å². The van der Waals surface area contributed by atoms with Gasteiger partial charge in [0.15, 0.2) is 6.61 Å². The van der Waals surface area contributed by atoms with E-state index in [2.05, 4.69) is 10.1 Å². The van der Waals surface area contributed by atoms with Crippen LogP contribution in [0.15, 0.2) is 42.5 Å². The normalized spacial score (nSPS) is 10.1. The average molecular weight is 407 g/mol. The summed E-state index contributed by atoms with van der Waals surface area (Å²) < 4.78 is 9.43. The number of halogens is 1. The SMILES string of the molecule is COC(=O)c1ccc(CNC(=O)COC(=O)c2ccc(Cl)c([N+](=O)[O-])c2)cc1. The fourth-order valence-corrected chi connectivity index (χ4v) is 2.31. The molecule has 0 radical (unpaired) electrons. The summed E-state index contributed by atoms with van der Waals surface area (Å²) in [6, 6.07) is 9.84. The van der Waals surface area contributed by atoms with E-state index in [9.17, 15) is 24.5 Å². The number of hydrogen-bond acceptors (Lipinski definition) is 7. The second-order valence-corrected chi connectivity index (χ2v) is 5.87. The molecular weight excluding hydrogens is 392 g/mol. The number of hydrogen-bond donors (Lipinski definition) is 1. The van der Waals surface area contributed by atoms with Gasteiger partial charge in [0.25, 0.3) is 11.6 Å². The Bertz CT molecular complexity index is 913. The summed E-state index contributed by atoms with van der Waals surface area (Å²) in [5, 5.41) is 13.3. The van der Waals surface area contributed by atoms with Gasteiger partial charge in [0, 0.05) is 12.6 Å². The number of amides is 1. The highest BCUT2D eigenvalue weighted by Gasteiger charge is 2.18. The molecule has 2 rings (SSSR count). The first kappa shape index (κ1) is 20.8. The lowest BCUT2D eigenvalue weighted by Crippen LogP contribution is -2.28. The fraction of sp³-hybridized carbons (Fsp3) is 0.167. The van der Waals surface area contributed by atoms with Gasteiger partial charge in [-0.1, -0.05) is 23.7 Å². The maximum atomic E-state index is 11.9. The van der Waals surface area contributed by atoms with Gasteiger partial charge in [-0.15, -0.1) is 0 Å². The predicted molar refractivity (Wildman–Crippen MR) is 98.0 cm³/mol. The molecule has 0 saturated heterocycles. The lowest BCUT2D eigenvalue weighted by molar-refractivity contribution is -0.384. The van der Waals surface area contributed by atoms with E-state index in [-0.39, 0.29) is 17.1 Å². The molecule has 0 fully saturated rings. The fourth-order valence-electron chi connectivity index (χ4n) is 2.12. The van der Waals surface area contributed by atoms with Gasteiger partial charge in [0.05, 0.1) is 23.2 Å². The van der Waals surface area contributed by atoms with Crippen LogP contribution in [0.1, 0.15) is 26.3 Å². The third kappa shape index (κ3) is 5.52. The number of ether oxygens (including phenoxy) is 2. The zero-order valence-corrected chi connectivity index (χ0v) is 15.4. The first-order valence-electron chi connectivity index (χ1n) is 7.87. The van der Waals surface area contributed by atoms with Crippen molar-refractivity contribution in [3.05, 3.63) is 74.3 Å². The number of benzene rings is 2. The molecule has 0 atom stereocenters. The molecule has 2 aromatic carbocycles. The molecule has 0 aliphatic rings. The van der Waals surface area contributed by atoms with Crippen molar-refractivity contribution in [1.29, 1.82) is 0 Å². The number of nitrogens with one attached hydrogen (secondary N) is 1. The summed E-state index contributed by atoms with van der Waals surface area (Å²) in [6.07, 6.45) is 0. The summed E-state index contributed by atoms with van der Waals surface area (Å²) in [5.41, 5.74) is 0.572. The predicted octanol–water partition coefficient (Wildman–Crippen LogP) is 2.51. The molecule has 9 nitrogen and oxygen atoms in total. The van der Waals surface area contributed by atoms with Gasteiger partial charge >= 0.3 is 11.9 Å². The van der Waals surface area contributed by atoms with Crippen molar-refractivity contribution >= 4 is 35.1 Å². The number of methoxy groups -OCH3 is 1. The Morgan fingerprint density at radius 2 is 1.71 bits per heavy atom. The molecule has 0 aliphatic carbocycles. The summed E-state index contributed by atoms with van der Waals surface area (Å²) in [6.45, 7) is -0.403. The van der Waals surface area contributed by atoms with Gasteiger partial charge in [-0.05, 0) is 29.8 Å². The van der Waals surface area contributed by atoms with E-state index in [0.717, 1.165) is 11.6 Å². The molecule has 0 heterocycles. The Labute approximate surface area is 164 Å². The van der Waals surface area contributed by atoms with Gasteiger partial charge in [0.1, 0.15) is 5.02 Å². The quantitative estimate of drug-likeness (QED) is 0.425. The van der Waals surface area contributed by atoms with Gasteiger partial charge in [-0.25, -0.2) is 9.59 Å². The third-order valence-corrected chi connectivity index (χ3v) is 3.90. The largest absolute Gasteiger partial charge is 0.465 e. The van der Waals surface area contributed by atoms with E-state index in [1.54, 1.807) is 24.3 Å². The molecular formula is C18H15ClN2O7. The van der Waals surface area contributed by atoms with Crippen molar-refractivity contribution in [2.75, 3.05) is 13.7 Å². The standard InChI is InChI=1S/C18H15ClN2O7/c1-27-17(23)12-4-2-11(3-5-12)9-20-16(22)10-28-18(24)13-6-7-14(19)15(8-13)21(25)26/h2-8H,9-10H2,1H3,(H,20,22). The maximum absolute atomic E-state index is 11.9. The zero-order chi connectivity index (χ0) is 20.7. The molecule has 1 N–H and O–H groups in total. The number of nitro groups is 1. The van der Waals surface area contributed by atoms with Crippen molar-refractivity contribution in [3.63, 3.8) is 0 Å². The molecule has 0 unspecified atom stereocenters. The van der Waals surface area contributed by atoms with Crippen molar-refractivity contribution in [2.45, 2.75) is 6.54 Å². The average Bonchev–Trinajstić information content (AvgIpc) is 2.70. The van der Waals surface area contributed by atoms with Crippen molar-refractivity contribution < 1.29 is 28.8 Å². The molecule has 0 aliphatic heterocycles. The van der Waals surface area contributed by atoms with Crippen LogP contribution in [0.25, 0.3) is 0 Å². The Balaban J connectivity index is 1.85. The number of carbonyl (C=O) groups excluding carboxylic acids is 3. The van der Waals surface area contributed by atoms with E-state index >= 15 is 0 Å². The second-order valence-electron chi connectivity index (χ2n) is 5.46. The van der Waals surface area contributed by atoms with E-state index in [0.29, 0.717) is 5.56 Å². The molecule has 2 aromatic rings. The van der Waals surface area contributed by atoms with E-state index in [1.807, 2.05) is 0 Å². The van der Waals surface area contributed by atoms with Crippen LogP contribution < -0.4 is 5.32 Å². The molecule has 10 heteroatoms. The number of nitro benzene ring substituents is 1. The Kier molecular flexibility index (Phi) is 7.05. The minimum Gasteiger partial charge on any atom is -0.465 e. The lowest BCUT2D eigenvalue weighted by Gasteiger charge is -2.07. The Morgan fingerprint density at radius 3 is 2.32 bits per heavy atom. The van der Waals surface area contributed by atoms with Crippen LogP contribution >= 0.6 is 11.6 Å². The topological polar surface area (TPSA) is 125 Å². The Hall–Kier alpha value is -3.46. The van der Waals surface area contributed by atoms with Crippen molar-refractivity contribution in [1.82, 2.24) is 5.32 Å². The van der Waals surface area contributed by atoms with Crippen molar-refractivity contribution in [3.8, 4) is 0 Å². The summed E-state index contributed by atoms with van der Waals surface area (Å²) in [5.74, 6) is -1.92. The van der Waals surface area contributed by atoms with Gasteiger partial charge in [0.2, 0.25) is 0 Å². The van der Waals surface area contributed by atoms with Gasteiger partial charge in [-0.3, -0.25) is 14.9 Å². The number of esters is 2. The smallest absolute Gasteiger partial charge is 0.338 e. The third-order valence-electron chi connectivity index (χ3n) is 3.58. The first-order chi connectivity index (χ1) is 13.3. The minimum absolute atomic E-state index is 0.0951. The van der Waals surface area contributed by atoms with Crippen LogP contribution in [0.5, 0.6) is 0 Å². The summed E-state index contributed by atoms with van der Waals surface area (Å²) in [7, 11) is 1.28. The van der Waals surface area contributed by atoms with Crippen LogP contribution in [-0.4, -0.2) is 36.5 Å². The van der Waals surface area contributed by atoms with E-state index in [1.165, 1.54) is 19.2 Å².